The molecule has 0 bridgehead atoms. The molecule has 0 radical (unpaired) electrons. The van der Waals surface area contributed by atoms with Gasteiger partial charge in [0.25, 0.3) is 0 Å². The molecule has 5 heteroatoms. The van der Waals surface area contributed by atoms with Crippen LogP contribution in [0.15, 0.2) is 36.7 Å². The fourth-order valence-electron chi connectivity index (χ4n) is 1.82. The average molecular weight is 256 g/mol. The summed E-state index contributed by atoms with van der Waals surface area (Å²) in [5.41, 5.74) is 7.50. The van der Waals surface area contributed by atoms with E-state index in [4.69, 9.17) is 15.7 Å². The maximum atomic E-state index is 8.76. The third-order valence-electron chi connectivity index (χ3n) is 2.78. The van der Waals surface area contributed by atoms with Crippen LogP contribution in [0.2, 0.25) is 0 Å². The minimum absolute atomic E-state index is 0.167. The van der Waals surface area contributed by atoms with Crippen LogP contribution in [-0.4, -0.2) is 15.8 Å². The van der Waals surface area contributed by atoms with Crippen LogP contribution in [0.4, 0.5) is 0 Å². The number of rotatable bonds is 4. The van der Waals surface area contributed by atoms with Crippen molar-refractivity contribution in [2.75, 3.05) is 0 Å². The minimum Gasteiger partial charge on any atom is -0.484 e. The number of nitriles is 1. The van der Waals surface area contributed by atoms with Gasteiger partial charge in [-0.15, -0.1) is 0 Å². The molecule has 0 saturated heterocycles. The molecule has 2 aromatic rings. The minimum atomic E-state index is -0.262. The Morgan fingerprint density at radius 3 is 2.53 bits per heavy atom. The zero-order valence-electron chi connectivity index (χ0n) is 10.9. The number of aromatic nitrogens is 2. The highest BCUT2D eigenvalue weighted by atomic mass is 16.5. The summed E-state index contributed by atoms with van der Waals surface area (Å²) >= 11 is 0. The summed E-state index contributed by atoms with van der Waals surface area (Å²) in [6, 6.07) is 8.88. The van der Waals surface area contributed by atoms with Gasteiger partial charge >= 0.3 is 0 Å². The van der Waals surface area contributed by atoms with Gasteiger partial charge in [-0.1, -0.05) is 0 Å². The van der Waals surface area contributed by atoms with E-state index < -0.39 is 0 Å². The summed E-state index contributed by atoms with van der Waals surface area (Å²) in [4.78, 5) is 0. The molecule has 2 atom stereocenters. The first kappa shape index (κ1) is 13.1. The summed E-state index contributed by atoms with van der Waals surface area (Å²) in [7, 11) is 1.85. The Hall–Kier alpha value is -2.32. The fourth-order valence-corrected chi connectivity index (χ4v) is 1.82. The van der Waals surface area contributed by atoms with Gasteiger partial charge in [-0.3, -0.25) is 4.68 Å². The maximum Gasteiger partial charge on any atom is 0.141 e. The zero-order valence-corrected chi connectivity index (χ0v) is 10.9. The lowest BCUT2D eigenvalue weighted by molar-refractivity contribution is 0.180. The van der Waals surface area contributed by atoms with Crippen LogP contribution in [0.3, 0.4) is 0 Å². The Bertz CT molecular complexity index is 580. The molecule has 0 fully saturated rings. The van der Waals surface area contributed by atoms with Crippen LogP contribution in [0.1, 0.15) is 24.2 Å². The predicted octanol–water partition coefficient (Wildman–Crippen LogP) is 1.76. The molecule has 1 heterocycles. The van der Waals surface area contributed by atoms with Gasteiger partial charge in [-0.25, -0.2) is 0 Å². The van der Waals surface area contributed by atoms with Gasteiger partial charge < -0.3 is 10.5 Å². The van der Waals surface area contributed by atoms with Gasteiger partial charge in [-0.2, -0.15) is 10.4 Å². The summed E-state index contributed by atoms with van der Waals surface area (Å²) in [5, 5.41) is 12.9. The molecule has 1 aromatic carbocycles. The molecule has 0 amide bonds. The molecular formula is C14H16N4O. The van der Waals surface area contributed by atoms with E-state index in [0.717, 1.165) is 5.56 Å². The fraction of sp³-hybridized carbons (Fsp3) is 0.286. The van der Waals surface area contributed by atoms with Crippen molar-refractivity contribution in [2.45, 2.75) is 19.1 Å². The molecule has 0 aliphatic rings. The van der Waals surface area contributed by atoms with E-state index in [9.17, 15) is 0 Å². The van der Waals surface area contributed by atoms with Crippen LogP contribution in [0.25, 0.3) is 0 Å². The molecule has 1 aromatic heterocycles. The van der Waals surface area contributed by atoms with E-state index >= 15 is 0 Å². The lowest BCUT2D eigenvalue weighted by Gasteiger charge is -2.21. The molecule has 0 aliphatic carbocycles. The molecule has 0 aliphatic heterocycles. The van der Waals surface area contributed by atoms with Crippen molar-refractivity contribution in [3.8, 4) is 11.8 Å². The Labute approximate surface area is 112 Å². The highest BCUT2D eigenvalue weighted by Gasteiger charge is 2.19. The number of ether oxygens (including phenoxy) is 1. The van der Waals surface area contributed by atoms with E-state index in [1.807, 2.05) is 20.2 Å². The standard InChI is InChI=1S/C14H16N4O/c1-10(16)14(12-8-17-18(2)9-12)19-13-5-3-11(7-15)4-6-13/h3-6,8-10,14H,16H2,1-2H3. The SMILES string of the molecule is CC(N)C(Oc1ccc(C#N)cc1)c1cnn(C)c1. The molecular weight excluding hydrogens is 240 g/mol. The van der Waals surface area contributed by atoms with E-state index in [0.29, 0.717) is 11.3 Å². The molecule has 2 rings (SSSR count). The first-order valence-electron chi connectivity index (χ1n) is 6.01. The predicted molar refractivity (Wildman–Crippen MR) is 71.4 cm³/mol. The van der Waals surface area contributed by atoms with Crippen LogP contribution >= 0.6 is 0 Å². The Balaban J connectivity index is 2.19. The normalized spacial score (nSPS) is 13.6. The molecule has 0 saturated carbocycles. The number of hydrogen-bond acceptors (Lipinski definition) is 4. The van der Waals surface area contributed by atoms with Crippen molar-refractivity contribution in [1.29, 1.82) is 5.26 Å². The van der Waals surface area contributed by atoms with E-state index in [-0.39, 0.29) is 12.1 Å². The number of nitrogens with zero attached hydrogens (tertiary/aromatic N) is 3. The first-order valence-corrected chi connectivity index (χ1v) is 6.01. The quantitative estimate of drug-likeness (QED) is 0.904. The Morgan fingerprint density at radius 2 is 2.05 bits per heavy atom. The van der Waals surface area contributed by atoms with E-state index in [1.54, 1.807) is 35.1 Å². The van der Waals surface area contributed by atoms with Crippen molar-refractivity contribution in [2.24, 2.45) is 12.8 Å². The average Bonchev–Trinajstić information content (AvgIpc) is 2.82. The summed E-state index contributed by atoms with van der Waals surface area (Å²) in [6.45, 7) is 1.89. The molecule has 0 spiro atoms. The highest BCUT2D eigenvalue weighted by Crippen LogP contribution is 2.24. The van der Waals surface area contributed by atoms with Crippen molar-refractivity contribution in [3.63, 3.8) is 0 Å². The number of aryl methyl sites for hydroxylation is 1. The van der Waals surface area contributed by atoms with Gasteiger partial charge in [0, 0.05) is 24.8 Å². The second-order valence-electron chi connectivity index (χ2n) is 4.48. The zero-order chi connectivity index (χ0) is 13.8. The molecule has 2 N–H and O–H groups in total. The molecule has 5 nitrogen and oxygen atoms in total. The van der Waals surface area contributed by atoms with Crippen molar-refractivity contribution in [1.82, 2.24) is 9.78 Å². The maximum absolute atomic E-state index is 8.76. The Kier molecular flexibility index (Phi) is 3.83. The number of nitrogens with two attached hydrogens (primary N) is 1. The van der Waals surface area contributed by atoms with Gasteiger partial charge in [0.15, 0.2) is 0 Å². The molecule has 19 heavy (non-hydrogen) atoms. The molecule has 2 unspecified atom stereocenters. The van der Waals surface area contributed by atoms with Crippen LogP contribution < -0.4 is 10.5 Å². The second-order valence-corrected chi connectivity index (χ2v) is 4.48. The van der Waals surface area contributed by atoms with Gasteiger partial charge in [0.1, 0.15) is 11.9 Å². The van der Waals surface area contributed by atoms with Crippen molar-refractivity contribution >= 4 is 0 Å². The highest BCUT2D eigenvalue weighted by molar-refractivity contribution is 5.35. The number of benzene rings is 1. The van der Waals surface area contributed by atoms with E-state index in [1.165, 1.54) is 0 Å². The Morgan fingerprint density at radius 1 is 1.37 bits per heavy atom. The largest absolute Gasteiger partial charge is 0.484 e. The van der Waals surface area contributed by atoms with Crippen molar-refractivity contribution in [3.05, 3.63) is 47.8 Å². The smallest absolute Gasteiger partial charge is 0.141 e. The van der Waals surface area contributed by atoms with Gasteiger partial charge in [-0.05, 0) is 31.2 Å². The first-order chi connectivity index (χ1) is 9.10. The van der Waals surface area contributed by atoms with Gasteiger partial charge in [0.05, 0.1) is 17.8 Å². The third-order valence-corrected chi connectivity index (χ3v) is 2.78. The summed E-state index contributed by atoms with van der Waals surface area (Å²) < 4.78 is 7.60. The van der Waals surface area contributed by atoms with Gasteiger partial charge in [0.2, 0.25) is 0 Å². The van der Waals surface area contributed by atoms with Crippen LogP contribution in [-0.2, 0) is 7.05 Å². The van der Waals surface area contributed by atoms with Crippen molar-refractivity contribution < 1.29 is 4.74 Å². The van der Waals surface area contributed by atoms with E-state index in [2.05, 4.69) is 11.2 Å². The topological polar surface area (TPSA) is 76.9 Å². The molecule has 98 valence electrons. The monoisotopic (exact) mass is 256 g/mol. The lowest BCUT2D eigenvalue weighted by Crippen LogP contribution is -2.28. The summed E-state index contributed by atoms with van der Waals surface area (Å²) in [6.07, 6.45) is 3.37. The summed E-state index contributed by atoms with van der Waals surface area (Å²) in [5.74, 6) is 0.685. The third kappa shape index (κ3) is 3.12. The number of hydrogen-bond donors (Lipinski definition) is 1. The van der Waals surface area contributed by atoms with Crippen LogP contribution in [0.5, 0.6) is 5.75 Å². The second kappa shape index (κ2) is 5.55. The lowest BCUT2D eigenvalue weighted by atomic mass is 10.1. The van der Waals surface area contributed by atoms with Crippen LogP contribution in [0, 0.1) is 11.3 Å².